The molecule has 6 heteroatoms. The summed E-state index contributed by atoms with van der Waals surface area (Å²) in [5, 5.41) is 19.7. The van der Waals surface area contributed by atoms with E-state index in [9.17, 15) is 0 Å². The van der Waals surface area contributed by atoms with Gasteiger partial charge in [0.2, 0.25) is 5.89 Å². The third-order valence-electron chi connectivity index (χ3n) is 2.21. The van der Waals surface area contributed by atoms with E-state index in [0.717, 1.165) is 6.54 Å². The summed E-state index contributed by atoms with van der Waals surface area (Å²) in [6.45, 7) is 5.56. The molecule has 0 bridgehead atoms. The summed E-state index contributed by atoms with van der Waals surface area (Å²) in [4.78, 5) is 1.99. The second kappa shape index (κ2) is 6.44. The summed E-state index contributed by atoms with van der Waals surface area (Å²) in [5.74, 6) is 0.576. The van der Waals surface area contributed by atoms with Gasteiger partial charge in [0, 0.05) is 19.2 Å². The normalized spacial score (nSPS) is 11.1. The van der Waals surface area contributed by atoms with Gasteiger partial charge in [-0.1, -0.05) is 5.10 Å². The van der Waals surface area contributed by atoms with Gasteiger partial charge < -0.3 is 19.7 Å². The lowest BCUT2D eigenvalue weighted by atomic mass is 10.3. The van der Waals surface area contributed by atoms with Gasteiger partial charge in [-0.05, 0) is 27.3 Å². The molecule has 0 saturated heterocycles. The predicted octanol–water partition coefficient (Wildman–Crippen LogP) is 0.386. The van der Waals surface area contributed by atoms with E-state index in [-0.39, 0.29) is 12.6 Å². The van der Waals surface area contributed by atoms with E-state index in [1.807, 2.05) is 11.9 Å². The molecule has 1 aromatic heterocycles. The molecule has 0 saturated carbocycles. The van der Waals surface area contributed by atoms with Crippen molar-refractivity contribution in [3.8, 4) is 0 Å². The number of rotatable bonds is 7. The highest BCUT2D eigenvalue weighted by atomic mass is 16.4. The summed E-state index contributed by atoms with van der Waals surface area (Å²) in [6.07, 6.45) is 0.696. The Morgan fingerprint density at radius 3 is 2.75 bits per heavy atom. The second-order valence-corrected chi connectivity index (χ2v) is 3.87. The number of hydrogen-bond acceptors (Lipinski definition) is 6. The van der Waals surface area contributed by atoms with Crippen molar-refractivity contribution >= 4 is 6.01 Å². The van der Waals surface area contributed by atoms with Gasteiger partial charge in [-0.3, -0.25) is 0 Å². The van der Waals surface area contributed by atoms with Crippen LogP contribution < -0.4 is 10.2 Å². The first kappa shape index (κ1) is 12.9. The maximum Gasteiger partial charge on any atom is 0.318 e. The van der Waals surface area contributed by atoms with Gasteiger partial charge in [0.25, 0.3) is 0 Å². The highest BCUT2D eigenvalue weighted by molar-refractivity contribution is 5.25. The Hall–Kier alpha value is -1.14. The first-order chi connectivity index (χ1) is 7.69. The zero-order chi connectivity index (χ0) is 12.0. The van der Waals surface area contributed by atoms with Crippen LogP contribution in [0.25, 0.3) is 0 Å². The monoisotopic (exact) mass is 228 g/mol. The van der Waals surface area contributed by atoms with Crippen molar-refractivity contribution < 1.29 is 9.52 Å². The lowest BCUT2D eigenvalue weighted by Crippen LogP contribution is -2.32. The number of aliphatic hydroxyl groups excluding tert-OH is 1. The van der Waals surface area contributed by atoms with E-state index < -0.39 is 0 Å². The van der Waals surface area contributed by atoms with E-state index in [2.05, 4.69) is 29.4 Å². The second-order valence-electron chi connectivity index (χ2n) is 3.87. The van der Waals surface area contributed by atoms with E-state index in [1.165, 1.54) is 0 Å². The molecule has 1 rings (SSSR count). The van der Waals surface area contributed by atoms with Crippen molar-refractivity contribution in [2.45, 2.75) is 32.9 Å². The Balaban J connectivity index is 2.68. The van der Waals surface area contributed by atoms with E-state index in [1.54, 1.807) is 0 Å². The minimum atomic E-state index is 0.167. The van der Waals surface area contributed by atoms with Crippen molar-refractivity contribution in [2.75, 3.05) is 25.1 Å². The molecule has 0 aliphatic carbocycles. The third-order valence-corrected chi connectivity index (χ3v) is 2.21. The maximum absolute atomic E-state index is 8.83. The maximum atomic E-state index is 8.83. The lowest BCUT2D eigenvalue weighted by molar-refractivity contribution is 0.287. The van der Waals surface area contributed by atoms with Crippen LogP contribution in [0, 0.1) is 0 Å². The highest BCUT2D eigenvalue weighted by Gasteiger charge is 2.16. The Bertz CT molecular complexity index is 301. The molecule has 0 unspecified atom stereocenters. The van der Waals surface area contributed by atoms with Crippen LogP contribution in [0.5, 0.6) is 0 Å². The summed E-state index contributed by atoms with van der Waals surface area (Å²) in [7, 11) is 1.83. The van der Waals surface area contributed by atoms with Crippen LogP contribution in [-0.4, -0.2) is 41.5 Å². The Labute approximate surface area is 95.7 Å². The average molecular weight is 228 g/mol. The molecule has 0 aliphatic heterocycles. The van der Waals surface area contributed by atoms with Gasteiger partial charge in [-0.2, -0.15) is 0 Å². The molecule has 1 aromatic rings. The highest BCUT2D eigenvalue weighted by Crippen LogP contribution is 2.15. The molecule has 92 valence electrons. The molecule has 0 amide bonds. The Kier molecular flexibility index (Phi) is 5.21. The SMILES string of the molecule is CNCc1nnc(N(CCCO)C(C)C)o1. The van der Waals surface area contributed by atoms with Crippen molar-refractivity contribution in [1.82, 2.24) is 15.5 Å². The van der Waals surface area contributed by atoms with E-state index in [0.29, 0.717) is 24.9 Å². The molecule has 0 spiro atoms. The van der Waals surface area contributed by atoms with Crippen molar-refractivity contribution in [2.24, 2.45) is 0 Å². The molecular formula is C10H20N4O2. The zero-order valence-electron chi connectivity index (χ0n) is 10.1. The van der Waals surface area contributed by atoms with Crippen LogP contribution in [0.15, 0.2) is 4.42 Å². The third kappa shape index (κ3) is 3.46. The first-order valence-corrected chi connectivity index (χ1v) is 5.53. The molecule has 0 aromatic carbocycles. The number of aromatic nitrogens is 2. The number of anilines is 1. The fourth-order valence-corrected chi connectivity index (χ4v) is 1.40. The number of hydrogen-bond donors (Lipinski definition) is 2. The standard InChI is InChI=1S/C10H20N4O2/c1-8(2)14(5-4-6-15)10-13-12-9(16-10)7-11-3/h8,11,15H,4-7H2,1-3H3. The molecular weight excluding hydrogens is 208 g/mol. The first-order valence-electron chi connectivity index (χ1n) is 5.53. The van der Waals surface area contributed by atoms with Gasteiger partial charge in [0.15, 0.2) is 0 Å². The summed E-state index contributed by atoms with van der Waals surface area (Å²) < 4.78 is 5.50. The summed E-state index contributed by atoms with van der Waals surface area (Å²) >= 11 is 0. The van der Waals surface area contributed by atoms with Gasteiger partial charge in [0.1, 0.15) is 0 Å². The average Bonchev–Trinajstić information content (AvgIpc) is 2.67. The number of nitrogens with one attached hydrogen (secondary N) is 1. The van der Waals surface area contributed by atoms with Gasteiger partial charge in [-0.15, -0.1) is 5.10 Å². The van der Waals surface area contributed by atoms with Crippen LogP contribution in [0.3, 0.4) is 0 Å². The summed E-state index contributed by atoms with van der Waals surface area (Å²) in [6, 6.07) is 0.795. The van der Waals surface area contributed by atoms with Crippen molar-refractivity contribution in [3.05, 3.63) is 5.89 Å². The number of aliphatic hydroxyl groups is 1. The Morgan fingerprint density at radius 1 is 1.44 bits per heavy atom. The van der Waals surface area contributed by atoms with Crippen LogP contribution in [0.4, 0.5) is 6.01 Å². The fraction of sp³-hybridized carbons (Fsp3) is 0.800. The molecule has 0 radical (unpaired) electrons. The van der Waals surface area contributed by atoms with Crippen molar-refractivity contribution in [3.63, 3.8) is 0 Å². The van der Waals surface area contributed by atoms with Crippen LogP contribution in [-0.2, 0) is 6.54 Å². The van der Waals surface area contributed by atoms with E-state index >= 15 is 0 Å². The minimum Gasteiger partial charge on any atom is -0.407 e. The largest absolute Gasteiger partial charge is 0.407 e. The summed E-state index contributed by atoms with van der Waals surface area (Å²) in [5.41, 5.74) is 0. The zero-order valence-corrected chi connectivity index (χ0v) is 10.1. The molecule has 6 nitrogen and oxygen atoms in total. The number of nitrogens with zero attached hydrogens (tertiary/aromatic N) is 3. The van der Waals surface area contributed by atoms with Crippen LogP contribution >= 0.6 is 0 Å². The van der Waals surface area contributed by atoms with Crippen molar-refractivity contribution in [1.29, 1.82) is 0 Å². The fourth-order valence-electron chi connectivity index (χ4n) is 1.40. The van der Waals surface area contributed by atoms with Crippen LogP contribution in [0.2, 0.25) is 0 Å². The van der Waals surface area contributed by atoms with Crippen LogP contribution in [0.1, 0.15) is 26.2 Å². The molecule has 0 atom stereocenters. The van der Waals surface area contributed by atoms with E-state index in [4.69, 9.17) is 9.52 Å². The smallest absolute Gasteiger partial charge is 0.318 e. The molecule has 16 heavy (non-hydrogen) atoms. The van der Waals surface area contributed by atoms with Gasteiger partial charge in [-0.25, -0.2) is 0 Å². The molecule has 0 fully saturated rings. The predicted molar refractivity (Wildman–Crippen MR) is 61.2 cm³/mol. The minimum absolute atomic E-state index is 0.167. The Morgan fingerprint density at radius 2 is 2.19 bits per heavy atom. The van der Waals surface area contributed by atoms with Gasteiger partial charge in [0.05, 0.1) is 6.54 Å². The molecule has 0 aliphatic rings. The molecule has 2 N–H and O–H groups in total. The topological polar surface area (TPSA) is 74.4 Å². The van der Waals surface area contributed by atoms with Gasteiger partial charge >= 0.3 is 6.01 Å². The lowest BCUT2D eigenvalue weighted by Gasteiger charge is -2.23. The quantitative estimate of drug-likeness (QED) is 0.703. The molecule has 1 heterocycles.